The molecule has 5 rings (SSSR count). The van der Waals surface area contributed by atoms with Gasteiger partial charge in [-0.05, 0) is 119 Å². The van der Waals surface area contributed by atoms with E-state index in [-0.39, 0.29) is 17.6 Å². The molecule has 2 aromatic carbocycles. The third-order valence-electron chi connectivity index (χ3n) is 8.36. The first kappa shape index (κ1) is 25.4. The molecule has 0 N–H and O–H groups in total. The van der Waals surface area contributed by atoms with Crippen molar-refractivity contribution in [2.45, 2.75) is 79.4 Å². The topological polar surface area (TPSA) is 45.9 Å². The first-order valence-electron chi connectivity index (χ1n) is 13.6. The Hall–Kier alpha value is -3.21. The highest BCUT2D eigenvalue weighted by Crippen LogP contribution is 2.41. The number of ether oxygens (including phenoxy) is 1. The molecular weight excluding hydrogens is 460 g/mol. The highest BCUT2D eigenvalue weighted by atomic mass is 16.5. The van der Waals surface area contributed by atoms with Gasteiger partial charge < -0.3 is 19.0 Å². The largest absolute Gasteiger partial charge is 0.487 e. The Balaban J connectivity index is 1.31. The van der Waals surface area contributed by atoms with Gasteiger partial charge in [0.05, 0.1) is 0 Å². The van der Waals surface area contributed by atoms with Gasteiger partial charge in [0.25, 0.3) is 5.91 Å². The first-order valence-corrected chi connectivity index (χ1v) is 13.6. The lowest BCUT2D eigenvalue weighted by atomic mass is 9.84. The van der Waals surface area contributed by atoms with E-state index in [0.717, 1.165) is 30.9 Å². The molecule has 3 aromatic rings. The summed E-state index contributed by atoms with van der Waals surface area (Å²) in [5.41, 5.74) is 8.71. The summed E-state index contributed by atoms with van der Waals surface area (Å²) >= 11 is 0. The zero-order valence-electron chi connectivity index (χ0n) is 23.4. The maximum Gasteiger partial charge on any atom is 0.289 e. The SMILES string of the molecule is Cc1cccc(N2CCN(C(=O)c3ccc(Cc4c(C)c(C)c5c(c4C)CCC(C)(C)O5)o3)CC2C)c1. The van der Waals surface area contributed by atoms with Crippen LogP contribution in [0, 0.1) is 27.7 Å². The van der Waals surface area contributed by atoms with E-state index in [9.17, 15) is 4.79 Å². The van der Waals surface area contributed by atoms with Crippen molar-refractivity contribution in [3.63, 3.8) is 0 Å². The van der Waals surface area contributed by atoms with Crippen molar-refractivity contribution in [2.24, 2.45) is 0 Å². The van der Waals surface area contributed by atoms with Gasteiger partial charge in [-0.15, -0.1) is 0 Å². The van der Waals surface area contributed by atoms with Crippen molar-refractivity contribution in [3.8, 4) is 5.75 Å². The number of nitrogens with zero attached hydrogens (tertiary/aromatic N) is 2. The number of aryl methyl sites for hydroxylation is 1. The van der Waals surface area contributed by atoms with Crippen LogP contribution in [-0.2, 0) is 12.8 Å². The zero-order valence-corrected chi connectivity index (χ0v) is 23.4. The highest BCUT2D eigenvalue weighted by Gasteiger charge is 2.32. The molecule has 2 aliphatic heterocycles. The van der Waals surface area contributed by atoms with E-state index in [1.54, 1.807) is 0 Å². The number of amides is 1. The Morgan fingerprint density at radius 3 is 2.54 bits per heavy atom. The van der Waals surface area contributed by atoms with Crippen molar-refractivity contribution in [2.75, 3.05) is 24.5 Å². The lowest BCUT2D eigenvalue weighted by molar-refractivity contribution is 0.0692. The first-order chi connectivity index (χ1) is 17.5. The second kappa shape index (κ2) is 9.59. The Morgan fingerprint density at radius 1 is 1.03 bits per heavy atom. The van der Waals surface area contributed by atoms with Crippen LogP contribution in [0.15, 0.2) is 40.8 Å². The Bertz CT molecular complexity index is 1340. The number of hydrogen-bond donors (Lipinski definition) is 0. The van der Waals surface area contributed by atoms with E-state index >= 15 is 0 Å². The maximum absolute atomic E-state index is 13.3. The number of fused-ring (bicyclic) bond motifs is 1. The van der Waals surface area contributed by atoms with Gasteiger partial charge in [0.15, 0.2) is 5.76 Å². The summed E-state index contributed by atoms with van der Waals surface area (Å²) < 4.78 is 12.5. The predicted octanol–water partition coefficient (Wildman–Crippen LogP) is 6.56. The molecule has 0 saturated carbocycles. The van der Waals surface area contributed by atoms with Crippen molar-refractivity contribution in [1.29, 1.82) is 0 Å². The maximum atomic E-state index is 13.3. The van der Waals surface area contributed by atoms with Crippen LogP contribution >= 0.6 is 0 Å². The fourth-order valence-electron chi connectivity index (χ4n) is 5.96. The summed E-state index contributed by atoms with van der Waals surface area (Å²) in [5.74, 6) is 2.30. The molecule has 0 aliphatic carbocycles. The van der Waals surface area contributed by atoms with Crippen LogP contribution in [0.2, 0.25) is 0 Å². The summed E-state index contributed by atoms with van der Waals surface area (Å²) in [4.78, 5) is 17.7. The Kier molecular flexibility index (Phi) is 6.59. The number of carbonyl (C=O) groups is 1. The molecule has 1 saturated heterocycles. The summed E-state index contributed by atoms with van der Waals surface area (Å²) in [6.07, 6.45) is 2.72. The Labute approximate surface area is 221 Å². The molecule has 5 heteroatoms. The molecule has 37 heavy (non-hydrogen) atoms. The number of anilines is 1. The lowest BCUT2D eigenvalue weighted by Crippen LogP contribution is -2.53. The predicted molar refractivity (Wildman–Crippen MR) is 149 cm³/mol. The molecule has 2 aliphatic rings. The average molecular weight is 501 g/mol. The van der Waals surface area contributed by atoms with Crippen LogP contribution < -0.4 is 9.64 Å². The van der Waals surface area contributed by atoms with Crippen LogP contribution in [0.25, 0.3) is 0 Å². The molecule has 0 spiro atoms. The second-order valence-electron chi connectivity index (χ2n) is 11.6. The number of hydrogen-bond acceptors (Lipinski definition) is 4. The van der Waals surface area contributed by atoms with E-state index < -0.39 is 0 Å². The number of carbonyl (C=O) groups excluding carboxylic acids is 1. The Morgan fingerprint density at radius 2 is 1.81 bits per heavy atom. The van der Waals surface area contributed by atoms with Gasteiger partial charge in [0, 0.05) is 37.8 Å². The minimum Gasteiger partial charge on any atom is -0.487 e. The van der Waals surface area contributed by atoms with Gasteiger partial charge in [-0.1, -0.05) is 12.1 Å². The number of rotatable bonds is 4. The fourth-order valence-corrected chi connectivity index (χ4v) is 5.96. The molecule has 3 heterocycles. The standard InChI is InChI=1S/C32H40N2O3/c1-20-9-8-10-25(17-20)34-16-15-33(19-21(34)2)31(35)29-12-11-26(36-29)18-28-22(3)23(4)30-27(24(28)5)13-14-32(6,7)37-30/h8-12,17,21H,13-16,18-19H2,1-7H3. The van der Waals surface area contributed by atoms with E-state index in [1.807, 2.05) is 17.0 Å². The molecular formula is C32H40N2O3. The third kappa shape index (κ3) is 4.88. The zero-order chi connectivity index (χ0) is 26.5. The van der Waals surface area contributed by atoms with Gasteiger partial charge in [-0.2, -0.15) is 0 Å². The van der Waals surface area contributed by atoms with Crippen LogP contribution in [0.4, 0.5) is 5.69 Å². The van der Waals surface area contributed by atoms with Crippen molar-refractivity contribution in [1.82, 2.24) is 4.90 Å². The van der Waals surface area contributed by atoms with Crippen molar-refractivity contribution in [3.05, 3.63) is 81.3 Å². The number of furan rings is 1. The van der Waals surface area contributed by atoms with Crippen LogP contribution in [0.5, 0.6) is 5.75 Å². The summed E-state index contributed by atoms with van der Waals surface area (Å²) in [6, 6.07) is 12.6. The molecule has 1 fully saturated rings. The minimum absolute atomic E-state index is 0.0207. The van der Waals surface area contributed by atoms with Crippen LogP contribution in [0.1, 0.15) is 76.9 Å². The van der Waals surface area contributed by atoms with Gasteiger partial charge in [0.2, 0.25) is 0 Å². The van der Waals surface area contributed by atoms with E-state index in [2.05, 4.69) is 77.6 Å². The van der Waals surface area contributed by atoms with E-state index in [4.69, 9.17) is 9.15 Å². The quantitative estimate of drug-likeness (QED) is 0.407. The molecule has 1 aromatic heterocycles. The summed E-state index contributed by atoms with van der Waals surface area (Å²) in [7, 11) is 0. The number of benzene rings is 2. The van der Waals surface area contributed by atoms with Gasteiger partial charge in [-0.3, -0.25) is 4.79 Å². The van der Waals surface area contributed by atoms with Gasteiger partial charge >= 0.3 is 0 Å². The number of piperazine rings is 1. The lowest BCUT2D eigenvalue weighted by Gasteiger charge is -2.41. The summed E-state index contributed by atoms with van der Waals surface area (Å²) in [5, 5.41) is 0. The van der Waals surface area contributed by atoms with Gasteiger partial charge in [0.1, 0.15) is 17.1 Å². The molecule has 0 radical (unpaired) electrons. The molecule has 1 unspecified atom stereocenters. The fraction of sp³-hybridized carbons (Fsp3) is 0.469. The molecule has 1 amide bonds. The van der Waals surface area contributed by atoms with Crippen LogP contribution in [-0.4, -0.2) is 42.1 Å². The van der Waals surface area contributed by atoms with E-state index in [1.165, 1.54) is 39.1 Å². The second-order valence-corrected chi connectivity index (χ2v) is 11.6. The smallest absolute Gasteiger partial charge is 0.289 e. The molecule has 0 bridgehead atoms. The van der Waals surface area contributed by atoms with Crippen molar-refractivity contribution >= 4 is 11.6 Å². The average Bonchev–Trinajstić information content (AvgIpc) is 3.33. The highest BCUT2D eigenvalue weighted by molar-refractivity contribution is 5.91. The monoisotopic (exact) mass is 500 g/mol. The normalized spacial score (nSPS) is 18.9. The van der Waals surface area contributed by atoms with Crippen LogP contribution in [0.3, 0.4) is 0 Å². The summed E-state index contributed by atoms with van der Waals surface area (Å²) in [6.45, 7) is 17.3. The van der Waals surface area contributed by atoms with E-state index in [0.29, 0.717) is 25.3 Å². The van der Waals surface area contributed by atoms with Crippen molar-refractivity contribution < 1.29 is 13.9 Å². The molecule has 5 nitrogen and oxygen atoms in total. The third-order valence-corrected chi connectivity index (χ3v) is 8.36. The molecule has 196 valence electrons. The van der Waals surface area contributed by atoms with Gasteiger partial charge in [-0.25, -0.2) is 0 Å². The minimum atomic E-state index is -0.128. The molecule has 1 atom stereocenters.